The summed E-state index contributed by atoms with van der Waals surface area (Å²) in [5.74, 6) is 4.45. The summed E-state index contributed by atoms with van der Waals surface area (Å²) in [6, 6.07) is 16.0. The predicted molar refractivity (Wildman–Crippen MR) is 125 cm³/mol. The van der Waals surface area contributed by atoms with Crippen LogP contribution in [0.15, 0.2) is 65.6 Å². The van der Waals surface area contributed by atoms with Gasteiger partial charge in [-0.3, -0.25) is 4.79 Å². The van der Waals surface area contributed by atoms with E-state index < -0.39 is 28.8 Å². The Morgan fingerprint density at radius 3 is 2.52 bits per heavy atom. The molecule has 1 aliphatic heterocycles. The maximum atomic E-state index is 13.6. The van der Waals surface area contributed by atoms with Crippen molar-refractivity contribution >= 4 is 28.9 Å². The SMILES string of the molecule is COc1ccc(CC#Cc2ccc3c(c2)C(=O)/C(=C/c2ccc(F)c(F)c2)[S+]([O-])N3C)cc1. The number of carbonyl (C=O) groups excluding carboxylic acids is 1. The van der Waals surface area contributed by atoms with Gasteiger partial charge in [0, 0.05) is 18.1 Å². The zero-order valence-electron chi connectivity index (χ0n) is 17.9. The molecule has 0 amide bonds. The Balaban J connectivity index is 1.62. The average molecular weight is 464 g/mol. The van der Waals surface area contributed by atoms with Crippen molar-refractivity contribution in [3.05, 3.63) is 99.5 Å². The summed E-state index contributed by atoms with van der Waals surface area (Å²) >= 11 is -1.78. The Bertz CT molecular complexity index is 1310. The van der Waals surface area contributed by atoms with E-state index in [1.165, 1.54) is 16.4 Å². The first kappa shape index (κ1) is 22.6. The number of hydrogen-bond donors (Lipinski definition) is 0. The molecule has 0 aliphatic carbocycles. The number of rotatable bonds is 3. The molecule has 0 radical (unpaired) electrons. The molecular formula is C26H19F2NO3S. The van der Waals surface area contributed by atoms with Crippen LogP contribution in [0.4, 0.5) is 14.5 Å². The number of allylic oxidation sites excluding steroid dienone is 1. The Hall–Kier alpha value is -3.60. The first-order valence-corrected chi connectivity index (χ1v) is 11.1. The monoisotopic (exact) mass is 463 g/mol. The Labute approximate surface area is 193 Å². The van der Waals surface area contributed by atoms with Crippen LogP contribution in [0.25, 0.3) is 6.08 Å². The molecule has 0 fully saturated rings. The maximum Gasteiger partial charge on any atom is 0.245 e. The Morgan fingerprint density at radius 2 is 1.82 bits per heavy atom. The second kappa shape index (κ2) is 9.49. The van der Waals surface area contributed by atoms with E-state index in [9.17, 15) is 18.1 Å². The summed E-state index contributed by atoms with van der Waals surface area (Å²) in [6.45, 7) is 0. The van der Waals surface area contributed by atoms with Gasteiger partial charge < -0.3 is 9.29 Å². The van der Waals surface area contributed by atoms with Crippen LogP contribution < -0.4 is 9.04 Å². The summed E-state index contributed by atoms with van der Waals surface area (Å²) in [4.78, 5) is 13.1. The van der Waals surface area contributed by atoms with Crippen LogP contribution in [0.1, 0.15) is 27.0 Å². The van der Waals surface area contributed by atoms with Crippen molar-refractivity contribution in [3.63, 3.8) is 0 Å². The van der Waals surface area contributed by atoms with Crippen LogP contribution in [0.2, 0.25) is 0 Å². The minimum Gasteiger partial charge on any atom is -0.588 e. The number of methoxy groups -OCH3 is 1. The van der Waals surface area contributed by atoms with Crippen LogP contribution in [0.5, 0.6) is 5.75 Å². The van der Waals surface area contributed by atoms with Gasteiger partial charge in [-0.2, -0.15) is 4.31 Å². The topological polar surface area (TPSA) is 52.6 Å². The Kier molecular flexibility index (Phi) is 6.50. The molecule has 0 saturated heterocycles. The molecule has 4 nitrogen and oxygen atoms in total. The van der Waals surface area contributed by atoms with Gasteiger partial charge in [0.2, 0.25) is 10.7 Å². The largest absolute Gasteiger partial charge is 0.588 e. The number of ketones is 1. The van der Waals surface area contributed by atoms with E-state index in [0.717, 1.165) is 23.4 Å². The van der Waals surface area contributed by atoms with E-state index in [0.29, 0.717) is 23.2 Å². The fourth-order valence-electron chi connectivity index (χ4n) is 3.38. The zero-order chi connectivity index (χ0) is 23.5. The Morgan fingerprint density at radius 1 is 1.06 bits per heavy atom. The van der Waals surface area contributed by atoms with Crippen LogP contribution in [-0.4, -0.2) is 24.5 Å². The lowest BCUT2D eigenvalue weighted by Gasteiger charge is -2.29. The third kappa shape index (κ3) is 4.77. The molecule has 1 unspecified atom stereocenters. The summed E-state index contributed by atoms with van der Waals surface area (Å²) in [5, 5.41) is 0. The summed E-state index contributed by atoms with van der Waals surface area (Å²) in [6.07, 6.45) is 1.85. The molecule has 3 aromatic rings. The molecular weight excluding hydrogens is 444 g/mol. The first-order valence-electron chi connectivity index (χ1n) is 10.0. The predicted octanol–water partition coefficient (Wildman–Crippen LogP) is 4.90. The minimum absolute atomic E-state index is 0.0145. The first-order chi connectivity index (χ1) is 15.9. The van der Waals surface area contributed by atoms with Crippen molar-refractivity contribution in [2.75, 3.05) is 18.5 Å². The van der Waals surface area contributed by atoms with E-state index in [1.807, 2.05) is 24.3 Å². The molecule has 0 spiro atoms. The number of Topliss-reactive ketones (excluding diaryl/α,β-unsaturated/α-hetero) is 1. The van der Waals surface area contributed by atoms with Gasteiger partial charge in [0.05, 0.1) is 25.4 Å². The highest BCUT2D eigenvalue weighted by atomic mass is 32.2. The van der Waals surface area contributed by atoms with Gasteiger partial charge in [-0.1, -0.05) is 30.0 Å². The van der Waals surface area contributed by atoms with Gasteiger partial charge >= 0.3 is 0 Å². The number of fused-ring (bicyclic) bond motifs is 1. The molecule has 1 heterocycles. The van der Waals surface area contributed by atoms with Gasteiger partial charge in [-0.15, -0.1) is 0 Å². The van der Waals surface area contributed by atoms with Gasteiger partial charge in [-0.05, 0) is 53.6 Å². The van der Waals surface area contributed by atoms with E-state index in [2.05, 4.69) is 11.8 Å². The normalized spacial score (nSPS) is 16.3. The average Bonchev–Trinajstić information content (AvgIpc) is 2.83. The maximum absolute atomic E-state index is 13.6. The third-order valence-corrected chi connectivity index (χ3v) is 6.54. The van der Waals surface area contributed by atoms with Gasteiger partial charge in [0.25, 0.3) is 0 Å². The van der Waals surface area contributed by atoms with E-state index in [-0.39, 0.29) is 10.5 Å². The molecule has 33 heavy (non-hydrogen) atoms. The van der Waals surface area contributed by atoms with Crippen molar-refractivity contribution < 1.29 is 22.9 Å². The zero-order valence-corrected chi connectivity index (χ0v) is 18.7. The van der Waals surface area contributed by atoms with Crippen LogP contribution in [0.3, 0.4) is 0 Å². The van der Waals surface area contributed by atoms with Gasteiger partial charge in [-0.25, -0.2) is 8.78 Å². The minimum atomic E-state index is -1.78. The molecule has 0 aromatic heterocycles. The molecule has 1 atom stereocenters. The second-order valence-corrected chi connectivity index (χ2v) is 8.80. The highest BCUT2D eigenvalue weighted by Crippen LogP contribution is 2.35. The van der Waals surface area contributed by atoms with Crippen LogP contribution >= 0.6 is 0 Å². The molecule has 166 valence electrons. The third-order valence-electron chi connectivity index (χ3n) is 5.17. The number of nitrogens with zero attached hydrogens (tertiary/aromatic N) is 1. The van der Waals surface area contributed by atoms with Gasteiger partial charge in [0.1, 0.15) is 17.1 Å². The lowest BCUT2D eigenvalue weighted by Crippen LogP contribution is -2.36. The van der Waals surface area contributed by atoms with Crippen LogP contribution in [-0.2, 0) is 17.8 Å². The molecule has 0 N–H and O–H groups in total. The van der Waals surface area contributed by atoms with Crippen molar-refractivity contribution in [2.45, 2.75) is 6.42 Å². The quantitative estimate of drug-likeness (QED) is 0.315. The number of benzene rings is 3. The fraction of sp³-hybridized carbons (Fsp3) is 0.115. The number of anilines is 1. The fourth-order valence-corrected chi connectivity index (χ4v) is 4.52. The lowest BCUT2D eigenvalue weighted by atomic mass is 10.0. The summed E-state index contributed by atoms with van der Waals surface area (Å²) in [5.41, 5.74) is 2.79. The molecule has 7 heteroatoms. The molecule has 0 saturated carbocycles. The number of carbonyl (C=O) groups is 1. The van der Waals surface area contributed by atoms with Gasteiger partial charge in [0.15, 0.2) is 11.6 Å². The second-order valence-electron chi connectivity index (χ2n) is 7.32. The number of halogens is 2. The van der Waals surface area contributed by atoms with Crippen molar-refractivity contribution in [2.24, 2.45) is 0 Å². The van der Waals surface area contributed by atoms with Crippen LogP contribution in [0, 0.1) is 23.5 Å². The standard InChI is InChI=1S/C26H19F2NO3S/c1-29-24-13-9-18(5-3-4-17-6-10-20(32-2)11-7-17)14-21(24)26(30)25(33(29)31)16-19-8-12-22(27)23(28)15-19/h6-16H,4H2,1-2H3/b25-16-. The van der Waals surface area contributed by atoms with E-state index in [1.54, 1.807) is 32.4 Å². The van der Waals surface area contributed by atoms with Crippen molar-refractivity contribution in [1.29, 1.82) is 0 Å². The molecule has 4 rings (SSSR count). The van der Waals surface area contributed by atoms with E-state index >= 15 is 0 Å². The molecule has 3 aromatic carbocycles. The number of ether oxygens (including phenoxy) is 1. The van der Waals surface area contributed by atoms with E-state index in [4.69, 9.17) is 4.74 Å². The molecule has 0 bridgehead atoms. The van der Waals surface area contributed by atoms with Crippen molar-refractivity contribution in [3.8, 4) is 17.6 Å². The lowest BCUT2D eigenvalue weighted by molar-refractivity contribution is 0.104. The smallest absolute Gasteiger partial charge is 0.245 e. The highest BCUT2D eigenvalue weighted by molar-refractivity contribution is 7.97. The summed E-state index contributed by atoms with van der Waals surface area (Å²) < 4.78 is 46.3. The number of hydrogen-bond acceptors (Lipinski definition) is 4. The highest BCUT2D eigenvalue weighted by Gasteiger charge is 2.38. The van der Waals surface area contributed by atoms with Crippen molar-refractivity contribution in [1.82, 2.24) is 0 Å². The summed E-state index contributed by atoms with van der Waals surface area (Å²) in [7, 11) is 3.22. The molecule has 1 aliphatic rings.